The van der Waals surface area contributed by atoms with Gasteiger partial charge in [-0.2, -0.15) is 0 Å². The minimum absolute atomic E-state index is 0.805. The van der Waals surface area contributed by atoms with Crippen molar-refractivity contribution in [2.24, 2.45) is 0 Å². The Morgan fingerprint density at radius 1 is 1.33 bits per heavy atom. The highest BCUT2D eigenvalue weighted by atomic mass is 32.2. The van der Waals surface area contributed by atoms with Gasteiger partial charge >= 0.3 is 0 Å². The molecule has 0 radical (unpaired) electrons. The van der Waals surface area contributed by atoms with E-state index in [9.17, 15) is 0 Å². The first kappa shape index (κ1) is 7.61. The van der Waals surface area contributed by atoms with E-state index in [-0.39, 0.29) is 0 Å². The number of fused-ring (bicyclic) bond motifs is 1. The Morgan fingerprint density at radius 2 is 2.17 bits per heavy atom. The highest BCUT2D eigenvalue weighted by molar-refractivity contribution is 7.98. The van der Waals surface area contributed by atoms with Gasteiger partial charge in [-0.3, -0.25) is 0 Å². The first-order valence-corrected chi connectivity index (χ1v) is 4.89. The van der Waals surface area contributed by atoms with Crippen molar-refractivity contribution < 1.29 is 0 Å². The highest BCUT2D eigenvalue weighted by Gasteiger charge is 2.01. The number of aromatic nitrogens is 3. The molecule has 0 spiro atoms. The largest absolute Gasteiger partial charge is 0.332 e. The van der Waals surface area contributed by atoms with Crippen molar-refractivity contribution in [3.05, 3.63) is 17.8 Å². The van der Waals surface area contributed by atoms with Gasteiger partial charge in [-0.05, 0) is 25.3 Å². The molecule has 0 aliphatic rings. The van der Waals surface area contributed by atoms with Crippen molar-refractivity contribution in [2.75, 3.05) is 6.26 Å². The summed E-state index contributed by atoms with van der Waals surface area (Å²) < 4.78 is 0. The van der Waals surface area contributed by atoms with Gasteiger partial charge in [0, 0.05) is 5.69 Å². The Balaban J connectivity index is 2.67. The van der Waals surface area contributed by atoms with Gasteiger partial charge in [-0.1, -0.05) is 11.8 Å². The fraction of sp³-hybridized carbons (Fsp3) is 0.250. The maximum absolute atomic E-state index is 4.29. The minimum Gasteiger partial charge on any atom is -0.332 e. The second-order valence-electron chi connectivity index (χ2n) is 2.57. The summed E-state index contributed by atoms with van der Waals surface area (Å²) in [6.07, 6.45) is 1.99. The summed E-state index contributed by atoms with van der Waals surface area (Å²) in [6.45, 7) is 1.97. The van der Waals surface area contributed by atoms with Crippen LogP contribution in [0.5, 0.6) is 0 Å². The summed E-state index contributed by atoms with van der Waals surface area (Å²) >= 11 is 1.59. The molecule has 3 nitrogen and oxygen atoms in total. The smallest absolute Gasteiger partial charge is 0.178 e. The van der Waals surface area contributed by atoms with Crippen molar-refractivity contribution in [3.63, 3.8) is 0 Å². The zero-order valence-corrected chi connectivity index (χ0v) is 7.77. The second-order valence-corrected chi connectivity index (χ2v) is 3.36. The third kappa shape index (κ3) is 1.18. The number of aromatic amines is 1. The van der Waals surface area contributed by atoms with E-state index in [1.807, 2.05) is 25.3 Å². The lowest BCUT2D eigenvalue weighted by Crippen LogP contribution is -1.80. The summed E-state index contributed by atoms with van der Waals surface area (Å²) in [6, 6.07) is 3.98. The average Bonchev–Trinajstić information content (AvgIpc) is 2.46. The summed E-state index contributed by atoms with van der Waals surface area (Å²) in [5.74, 6) is 0. The molecule has 0 aliphatic carbocycles. The van der Waals surface area contributed by atoms with Crippen LogP contribution in [0, 0.1) is 6.92 Å². The van der Waals surface area contributed by atoms with E-state index < -0.39 is 0 Å². The maximum Gasteiger partial charge on any atom is 0.178 e. The molecule has 0 saturated heterocycles. The zero-order valence-electron chi connectivity index (χ0n) is 6.96. The van der Waals surface area contributed by atoms with E-state index in [2.05, 4.69) is 15.0 Å². The Labute approximate surface area is 74.6 Å². The fourth-order valence-corrected chi connectivity index (χ4v) is 1.45. The van der Waals surface area contributed by atoms with Crippen LogP contribution in [0.25, 0.3) is 11.2 Å². The molecule has 2 aromatic heterocycles. The topological polar surface area (TPSA) is 41.6 Å². The van der Waals surface area contributed by atoms with Crippen LogP contribution in [0.4, 0.5) is 0 Å². The zero-order chi connectivity index (χ0) is 8.55. The van der Waals surface area contributed by atoms with Crippen molar-refractivity contribution in [2.45, 2.75) is 12.1 Å². The second kappa shape index (κ2) is 2.79. The van der Waals surface area contributed by atoms with Crippen molar-refractivity contribution >= 4 is 22.9 Å². The van der Waals surface area contributed by atoms with Crippen LogP contribution in [-0.2, 0) is 0 Å². The molecule has 0 aromatic carbocycles. The average molecular weight is 179 g/mol. The van der Waals surface area contributed by atoms with Crippen LogP contribution in [0.3, 0.4) is 0 Å². The van der Waals surface area contributed by atoms with Crippen LogP contribution >= 0.6 is 11.8 Å². The normalized spacial score (nSPS) is 10.8. The predicted octanol–water partition coefficient (Wildman–Crippen LogP) is 1.99. The lowest BCUT2D eigenvalue weighted by Gasteiger charge is -1.88. The lowest BCUT2D eigenvalue weighted by atomic mass is 10.4. The van der Waals surface area contributed by atoms with Crippen molar-refractivity contribution in [1.29, 1.82) is 0 Å². The van der Waals surface area contributed by atoms with Gasteiger partial charge in [0.2, 0.25) is 0 Å². The van der Waals surface area contributed by atoms with Gasteiger partial charge < -0.3 is 4.98 Å². The molecule has 0 atom stereocenters. The highest BCUT2D eigenvalue weighted by Crippen LogP contribution is 2.15. The molecule has 0 fully saturated rings. The number of thioether (sulfide) groups is 1. The van der Waals surface area contributed by atoms with Gasteiger partial charge in [0.15, 0.2) is 10.8 Å². The quantitative estimate of drug-likeness (QED) is 0.681. The predicted molar refractivity (Wildman–Crippen MR) is 50.4 cm³/mol. The number of rotatable bonds is 1. The number of nitrogens with zero attached hydrogens (tertiary/aromatic N) is 2. The number of imidazole rings is 1. The molecular weight excluding hydrogens is 170 g/mol. The number of hydrogen-bond acceptors (Lipinski definition) is 3. The van der Waals surface area contributed by atoms with E-state index in [4.69, 9.17) is 0 Å². The van der Waals surface area contributed by atoms with E-state index in [0.717, 1.165) is 22.0 Å². The number of hydrogen-bond donors (Lipinski definition) is 1. The van der Waals surface area contributed by atoms with Crippen molar-refractivity contribution in [3.8, 4) is 0 Å². The number of pyridine rings is 1. The van der Waals surface area contributed by atoms with Gasteiger partial charge in [-0.15, -0.1) is 0 Å². The summed E-state index contributed by atoms with van der Waals surface area (Å²) in [4.78, 5) is 11.7. The SMILES string of the molecule is CSc1nc2nc(C)ccc2[nH]1. The van der Waals surface area contributed by atoms with E-state index >= 15 is 0 Å². The molecule has 2 rings (SSSR count). The van der Waals surface area contributed by atoms with Crippen LogP contribution in [0.1, 0.15) is 5.69 Å². The molecule has 4 heteroatoms. The molecule has 12 heavy (non-hydrogen) atoms. The molecule has 62 valence electrons. The van der Waals surface area contributed by atoms with Gasteiger partial charge in [0.25, 0.3) is 0 Å². The fourth-order valence-electron chi connectivity index (χ4n) is 1.06. The molecule has 0 aliphatic heterocycles. The maximum atomic E-state index is 4.29. The van der Waals surface area contributed by atoms with E-state index in [0.29, 0.717) is 0 Å². The Bertz CT molecular complexity index is 408. The lowest BCUT2D eigenvalue weighted by molar-refractivity contribution is 1.07. The summed E-state index contributed by atoms with van der Waals surface area (Å²) in [5.41, 5.74) is 2.81. The van der Waals surface area contributed by atoms with Gasteiger partial charge in [0.1, 0.15) is 0 Å². The van der Waals surface area contributed by atoms with Crippen molar-refractivity contribution in [1.82, 2.24) is 15.0 Å². The third-order valence-electron chi connectivity index (χ3n) is 1.66. The first-order valence-electron chi connectivity index (χ1n) is 3.67. The molecule has 1 N–H and O–H groups in total. The first-order chi connectivity index (χ1) is 5.79. The molecular formula is C8H9N3S. The number of nitrogens with one attached hydrogen (secondary N) is 1. The Hall–Kier alpha value is -1.03. The van der Waals surface area contributed by atoms with E-state index in [1.54, 1.807) is 11.8 Å². The number of aryl methyl sites for hydroxylation is 1. The summed E-state index contributed by atoms with van der Waals surface area (Å²) in [5, 5.41) is 0.920. The van der Waals surface area contributed by atoms with Crippen LogP contribution in [-0.4, -0.2) is 21.2 Å². The summed E-state index contributed by atoms with van der Waals surface area (Å²) in [7, 11) is 0. The van der Waals surface area contributed by atoms with Crippen LogP contribution in [0.2, 0.25) is 0 Å². The molecule has 0 bridgehead atoms. The monoisotopic (exact) mass is 179 g/mol. The molecule has 0 unspecified atom stereocenters. The molecule has 2 heterocycles. The standard InChI is InChI=1S/C8H9N3S/c1-5-3-4-6-7(9-5)11-8(10-6)12-2/h3-4H,1-2H3,(H,9,10,11). The van der Waals surface area contributed by atoms with Crippen LogP contribution < -0.4 is 0 Å². The molecule has 0 saturated carbocycles. The number of H-pyrrole nitrogens is 1. The van der Waals surface area contributed by atoms with E-state index in [1.165, 1.54) is 0 Å². The van der Waals surface area contributed by atoms with Gasteiger partial charge in [-0.25, -0.2) is 9.97 Å². The Kier molecular flexibility index (Phi) is 1.77. The minimum atomic E-state index is 0.805. The van der Waals surface area contributed by atoms with Crippen LogP contribution in [0.15, 0.2) is 17.3 Å². The third-order valence-corrected chi connectivity index (χ3v) is 2.24. The molecule has 2 aromatic rings. The Morgan fingerprint density at radius 3 is 2.92 bits per heavy atom. The van der Waals surface area contributed by atoms with Gasteiger partial charge in [0.05, 0.1) is 5.52 Å². The molecule has 0 amide bonds.